The molecule has 152 valence electrons. The number of ether oxygens (including phenoxy) is 2. The number of aryl methyl sites for hydroxylation is 1. The predicted molar refractivity (Wildman–Crippen MR) is 110 cm³/mol. The molecule has 2 N–H and O–H groups in total. The number of aromatic nitrogens is 2. The van der Waals surface area contributed by atoms with E-state index in [4.69, 9.17) is 9.47 Å². The Morgan fingerprint density at radius 2 is 2.11 bits per heavy atom. The Morgan fingerprint density at radius 3 is 2.79 bits per heavy atom. The summed E-state index contributed by atoms with van der Waals surface area (Å²) in [5.41, 5.74) is 2.49. The van der Waals surface area contributed by atoms with Crippen LogP contribution in [-0.2, 0) is 11.8 Å². The molecule has 0 atom stereocenters. The topological polar surface area (TPSA) is 77.4 Å². The molecule has 2 heterocycles. The molecule has 1 fully saturated rings. The molecule has 1 aliphatic heterocycles. The van der Waals surface area contributed by atoms with Gasteiger partial charge in [-0.15, -0.1) is 0 Å². The van der Waals surface area contributed by atoms with Gasteiger partial charge in [0.1, 0.15) is 5.75 Å². The molecule has 1 amide bonds. The Kier molecular flexibility index (Phi) is 6.92. The van der Waals surface area contributed by atoms with Gasteiger partial charge in [-0.05, 0) is 62.0 Å². The van der Waals surface area contributed by atoms with Gasteiger partial charge in [0.15, 0.2) is 0 Å². The monoisotopic (exact) mass is 386 g/mol. The first-order valence-electron chi connectivity index (χ1n) is 9.92. The minimum atomic E-state index is -0.451. The average molecular weight is 386 g/mol. The molecule has 7 nitrogen and oxygen atoms in total. The summed E-state index contributed by atoms with van der Waals surface area (Å²) >= 11 is 0. The number of nitrogens with zero attached hydrogens (tertiary/aromatic N) is 2. The molecule has 0 unspecified atom stereocenters. The van der Waals surface area contributed by atoms with Gasteiger partial charge >= 0.3 is 6.09 Å². The second kappa shape index (κ2) is 9.59. The number of carbonyl (C=O) groups is 1. The lowest BCUT2D eigenvalue weighted by molar-refractivity contribution is 0.147. The van der Waals surface area contributed by atoms with Crippen molar-refractivity contribution in [3.05, 3.63) is 30.5 Å². The van der Waals surface area contributed by atoms with Gasteiger partial charge in [-0.25, -0.2) is 4.79 Å². The molecule has 3 rings (SSSR count). The summed E-state index contributed by atoms with van der Waals surface area (Å²) in [6.07, 6.45) is 3.56. The molecule has 0 bridgehead atoms. The van der Waals surface area contributed by atoms with E-state index >= 15 is 0 Å². The van der Waals surface area contributed by atoms with Gasteiger partial charge in [0, 0.05) is 24.5 Å². The number of benzene rings is 1. The summed E-state index contributed by atoms with van der Waals surface area (Å²) in [6, 6.07) is 7.59. The van der Waals surface area contributed by atoms with Crippen LogP contribution in [0, 0.1) is 11.8 Å². The molecule has 28 heavy (non-hydrogen) atoms. The number of piperidine rings is 1. The third-order valence-corrected chi connectivity index (χ3v) is 4.80. The highest BCUT2D eigenvalue weighted by molar-refractivity contribution is 5.86. The normalized spacial score (nSPS) is 14.9. The summed E-state index contributed by atoms with van der Waals surface area (Å²) < 4.78 is 13.2. The lowest BCUT2D eigenvalue weighted by Crippen LogP contribution is -2.30. The van der Waals surface area contributed by atoms with Crippen LogP contribution in [0.4, 0.5) is 10.5 Å². The van der Waals surface area contributed by atoms with E-state index in [0.29, 0.717) is 30.7 Å². The zero-order valence-electron chi connectivity index (χ0n) is 16.9. The van der Waals surface area contributed by atoms with Crippen LogP contribution in [0.3, 0.4) is 0 Å². The van der Waals surface area contributed by atoms with Gasteiger partial charge in [0.25, 0.3) is 0 Å². The first kappa shape index (κ1) is 20.2. The Bertz CT molecular complexity index is 782. The minimum Gasteiger partial charge on any atom is -0.493 e. The standard InChI is InChI=1S/C21H30N4O3/c1-15(2)13-28-21(26)24-17-4-5-20(27-14-16-6-9-22-10-7-16)18(12-17)19-8-11-23-25(19)3/h4-5,8,11-12,15-16,22H,6-7,9-10,13-14H2,1-3H3,(H,24,26). The van der Waals surface area contributed by atoms with Gasteiger partial charge in [0.2, 0.25) is 0 Å². The van der Waals surface area contributed by atoms with Crippen LogP contribution in [0.5, 0.6) is 5.75 Å². The molecule has 7 heteroatoms. The highest BCUT2D eigenvalue weighted by atomic mass is 16.5. The van der Waals surface area contributed by atoms with Crippen molar-refractivity contribution in [1.29, 1.82) is 0 Å². The summed E-state index contributed by atoms with van der Waals surface area (Å²) in [6.45, 7) is 7.17. The highest BCUT2D eigenvalue weighted by Gasteiger charge is 2.17. The molecule has 2 aromatic rings. The average Bonchev–Trinajstić information content (AvgIpc) is 3.12. The Balaban J connectivity index is 1.75. The first-order chi connectivity index (χ1) is 13.5. The van der Waals surface area contributed by atoms with Crippen molar-refractivity contribution in [2.75, 3.05) is 31.6 Å². The molecule has 0 aliphatic carbocycles. The van der Waals surface area contributed by atoms with E-state index in [1.807, 2.05) is 45.2 Å². The van der Waals surface area contributed by atoms with Crippen molar-refractivity contribution in [3.63, 3.8) is 0 Å². The van der Waals surface area contributed by atoms with Crippen molar-refractivity contribution in [2.45, 2.75) is 26.7 Å². The fraction of sp³-hybridized carbons (Fsp3) is 0.524. The van der Waals surface area contributed by atoms with E-state index in [1.54, 1.807) is 10.9 Å². The van der Waals surface area contributed by atoms with E-state index in [2.05, 4.69) is 15.7 Å². The maximum absolute atomic E-state index is 12.0. The quantitative estimate of drug-likeness (QED) is 0.759. The zero-order chi connectivity index (χ0) is 19.9. The summed E-state index contributed by atoms with van der Waals surface area (Å²) in [5.74, 6) is 1.65. The fourth-order valence-corrected chi connectivity index (χ4v) is 3.22. The number of anilines is 1. The van der Waals surface area contributed by atoms with Crippen LogP contribution in [0.2, 0.25) is 0 Å². The predicted octanol–water partition coefficient (Wildman–Crippen LogP) is 3.67. The van der Waals surface area contributed by atoms with E-state index in [1.165, 1.54) is 0 Å². The Labute approximate surface area is 166 Å². The molecule has 0 spiro atoms. The van der Waals surface area contributed by atoms with Crippen LogP contribution >= 0.6 is 0 Å². The van der Waals surface area contributed by atoms with Crippen molar-refractivity contribution >= 4 is 11.8 Å². The van der Waals surface area contributed by atoms with Gasteiger partial charge in [-0.1, -0.05) is 13.8 Å². The van der Waals surface area contributed by atoms with Crippen LogP contribution in [-0.4, -0.2) is 42.2 Å². The number of rotatable bonds is 7. The lowest BCUT2D eigenvalue weighted by Gasteiger charge is -2.23. The van der Waals surface area contributed by atoms with Gasteiger partial charge in [-0.2, -0.15) is 5.10 Å². The van der Waals surface area contributed by atoms with Crippen LogP contribution in [0.25, 0.3) is 11.3 Å². The fourth-order valence-electron chi connectivity index (χ4n) is 3.22. The van der Waals surface area contributed by atoms with Crippen molar-refractivity contribution in [1.82, 2.24) is 15.1 Å². The molecular formula is C21H30N4O3. The minimum absolute atomic E-state index is 0.293. The summed E-state index contributed by atoms with van der Waals surface area (Å²) in [7, 11) is 1.89. The molecule has 0 radical (unpaired) electrons. The molecular weight excluding hydrogens is 356 g/mol. The first-order valence-corrected chi connectivity index (χ1v) is 9.92. The van der Waals surface area contributed by atoms with Crippen LogP contribution < -0.4 is 15.4 Å². The molecule has 1 aliphatic rings. The molecule has 1 aromatic carbocycles. The Morgan fingerprint density at radius 1 is 1.32 bits per heavy atom. The third kappa shape index (κ3) is 5.48. The van der Waals surface area contributed by atoms with Gasteiger partial charge in [-0.3, -0.25) is 10.00 Å². The number of carbonyl (C=O) groups excluding carboxylic acids is 1. The summed E-state index contributed by atoms with van der Waals surface area (Å²) in [4.78, 5) is 12.0. The largest absolute Gasteiger partial charge is 0.493 e. The van der Waals surface area contributed by atoms with Gasteiger partial charge in [0.05, 0.1) is 18.9 Å². The van der Waals surface area contributed by atoms with Crippen LogP contribution in [0.15, 0.2) is 30.5 Å². The molecule has 0 saturated carbocycles. The van der Waals surface area contributed by atoms with Gasteiger partial charge < -0.3 is 14.8 Å². The van der Waals surface area contributed by atoms with E-state index in [0.717, 1.165) is 42.9 Å². The number of hydrogen-bond acceptors (Lipinski definition) is 5. The molecule has 1 saturated heterocycles. The van der Waals surface area contributed by atoms with Crippen molar-refractivity contribution in [3.8, 4) is 17.0 Å². The van der Waals surface area contributed by atoms with E-state index in [-0.39, 0.29) is 0 Å². The smallest absolute Gasteiger partial charge is 0.411 e. The summed E-state index contributed by atoms with van der Waals surface area (Å²) in [5, 5.41) is 10.4. The van der Waals surface area contributed by atoms with E-state index < -0.39 is 6.09 Å². The third-order valence-electron chi connectivity index (χ3n) is 4.80. The van der Waals surface area contributed by atoms with E-state index in [9.17, 15) is 4.79 Å². The van der Waals surface area contributed by atoms with Crippen molar-refractivity contribution in [2.24, 2.45) is 18.9 Å². The van der Waals surface area contributed by atoms with Crippen LogP contribution in [0.1, 0.15) is 26.7 Å². The number of amides is 1. The van der Waals surface area contributed by atoms with Crippen molar-refractivity contribution < 1.29 is 14.3 Å². The zero-order valence-corrected chi connectivity index (χ0v) is 16.9. The number of hydrogen-bond donors (Lipinski definition) is 2. The second-order valence-corrected chi connectivity index (χ2v) is 7.67. The SMILES string of the molecule is CC(C)COC(=O)Nc1ccc(OCC2CCNCC2)c(-c2ccnn2C)c1. The Hall–Kier alpha value is -2.54. The molecule has 1 aromatic heterocycles. The lowest BCUT2D eigenvalue weighted by atomic mass is 9.99. The highest BCUT2D eigenvalue weighted by Crippen LogP contribution is 2.33. The maximum atomic E-state index is 12.0. The second-order valence-electron chi connectivity index (χ2n) is 7.67. The maximum Gasteiger partial charge on any atom is 0.411 e. The number of nitrogens with one attached hydrogen (secondary N) is 2.